The molecule has 0 bridgehead atoms. The van der Waals surface area contributed by atoms with Gasteiger partial charge in [-0.25, -0.2) is 0 Å². The van der Waals surface area contributed by atoms with E-state index in [1.165, 1.54) is 0 Å². The van der Waals surface area contributed by atoms with Crippen LogP contribution >= 0.6 is 11.6 Å². The highest BCUT2D eigenvalue weighted by molar-refractivity contribution is 6.29. The van der Waals surface area contributed by atoms with E-state index in [0.29, 0.717) is 0 Å². The van der Waals surface area contributed by atoms with Crippen LogP contribution in [0.15, 0.2) is 11.1 Å². The summed E-state index contributed by atoms with van der Waals surface area (Å²) in [6.07, 6.45) is 4.31. The highest BCUT2D eigenvalue weighted by Crippen LogP contribution is 2.35. The van der Waals surface area contributed by atoms with Crippen LogP contribution in [0.1, 0.15) is 12.8 Å². The Kier molecular flexibility index (Phi) is 1.71. The molecule has 2 aliphatic rings. The molecule has 1 saturated heterocycles. The summed E-state index contributed by atoms with van der Waals surface area (Å²) in [5.74, 6) is 1.49. The first-order valence-electron chi connectivity index (χ1n) is 3.78. The van der Waals surface area contributed by atoms with Crippen LogP contribution in [0.2, 0.25) is 0 Å². The quantitative estimate of drug-likeness (QED) is 0.525. The molecule has 56 valence electrons. The molecule has 2 heteroatoms. The first kappa shape index (κ1) is 6.68. The molecule has 2 rings (SSSR count). The van der Waals surface area contributed by atoms with E-state index in [-0.39, 0.29) is 0 Å². The standard InChI is InChI=1S/C8H11ClO/c9-8-2-1-6-4-10-5-7(6)3-8/h2,6-7H,1,3-5H2/t6-,7+/m0/s1. The van der Waals surface area contributed by atoms with E-state index >= 15 is 0 Å². The fraction of sp³-hybridized carbons (Fsp3) is 0.750. The van der Waals surface area contributed by atoms with Gasteiger partial charge in [-0.15, -0.1) is 0 Å². The van der Waals surface area contributed by atoms with E-state index in [9.17, 15) is 0 Å². The molecule has 0 saturated carbocycles. The highest BCUT2D eigenvalue weighted by atomic mass is 35.5. The fourth-order valence-corrected chi connectivity index (χ4v) is 2.03. The maximum Gasteiger partial charge on any atom is 0.0501 e. The predicted octanol–water partition coefficient (Wildman–Crippen LogP) is 2.17. The molecule has 0 radical (unpaired) electrons. The van der Waals surface area contributed by atoms with E-state index < -0.39 is 0 Å². The van der Waals surface area contributed by atoms with Crippen molar-refractivity contribution in [2.75, 3.05) is 13.2 Å². The summed E-state index contributed by atoms with van der Waals surface area (Å²) in [7, 11) is 0. The van der Waals surface area contributed by atoms with Crippen molar-refractivity contribution < 1.29 is 4.74 Å². The minimum atomic E-state index is 0.720. The van der Waals surface area contributed by atoms with Crippen molar-refractivity contribution in [2.45, 2.75) is 12.8 Å². The van der Waals surface area contributed by atoms with Crippen molar-refractivity contribution in [2.24, 2.45) is 11.8 Å². The van der Waals surface area contributed by atoms with Crippen LogP contribution in [-0.2, 0) is 4.74 Å². The van der Waals surface area contributed by atoms with Crippen LogP contribution in [0.4, 0.5) is 0 Å². The Morgan fingerprint density at radius 1 is 1.40 bits per heavy atom. The minimum Gasteiger partial charge on any atom is -0.381 e. The number of allylic oxidation sites excluding steroid dienone is 2. The van der Waals surface area contributed by atoms with Crippen molar-refractivity contribution in [3.8, 4) is 0 Å². The van der Waals surface area contributed by atoms with Crippen molar-refractivity contribution >= 4 is 11.6 Å². The molecule has 0 amide bonds. The SMILES string of the molecule is ClC1=CC[C@H]2COC[C@H]2C1. The molecule has 1 aliphatic heterocycles. The normalized spacial score (nSPS) is 39.1. The molecule has 0 aromatic carbocycles. The van der Waals surface area contributed by atoms with Crippen molar-refractivity contribution in [3.63, 3.8) is 0 Å². The van der Waals surface area contributed by atoms with Crippen molar-refractivity contribution in [3.05, 3.63) is 11.1 Å². The maximum absolute atomic E-state index is 5.89. The third-order valence-electron chi connectivity index (χ3n) is 2.43. The maximum atomic E-state index is 5.89. The van der Waals surface area contributed by atoms with E-state index in [4.69, 9.17) is 16.3 Å². The Morgan fingerprint density at radius 3 is 3.10 bits per heavy atom. The molecule has 1 fully saturated rings. The van der Waals surface area contributed by atoms with Gasteiger partial charge in [-0.3, -0.25) is 0 Å². The van der Waals surface area contributed by atoms with Gasteiger partial charge in [-0.1, -0.05) is 17.7 Å². The first-order valence-corrected chi connectivity index (χ1v) is 4.16. The second-order valence-corrected chi connectivity index (χ2v) is 3.63. The van der Waals surface area contributed by atoms with Gasteiger partial charge in [0.05, 0.1) is 13.2 Å². The second kappa shape index (κ2) is 2.55. The molecular weight excluding hydrogens is 148 g/mol. The van der Waals surface area contributed by atoms with Crippen LogP contribution in [-0.4, -0.2) is 13.2 Å². The molecule has 0 N–H and O–H groups in total. The van der Waals surface area contributed by atoms with Crippen LogP contribution in [0, 0.1) is 11.8 Å². The van der Waals surface area contributed by atoms with Crippen molar-refractivity contribution in [1.29, 1.82) is 0 Å². The zero-order chi connectivity index (χ0) is 6.97. The minimum absolute atomic E-state index is 0.720. The molecule has 0 unspecified atom stereocenters. The number of fused-ring (bicyclic) bond motifs is 1. The van der Waals surface area contributed by atoms with Gasteiger partial charge in [0.15, 0.2) is 0 Å². The highest BCUT2D eigenvalue weighted by Gasteiger charge is 2.30. The van der Waals surface area contributed by atoms with E-state index in [0.717, 1.165) is 42.9 Å². The van der Waals surface area contributed by atoms with Gasteiger partial charge in [0.1, 0.15) is 0 Å². The van der Waals surface area contributed by atoms with Crippen LogP contribution in [0.3, 0.4) is 0 Å². The molecule has 0 aromatic heterocycles. The Labute approximate surface area is 66.0 Å². The van der Waals surface area contributed by atoms with Gasteiger partial charge in [-0.05, 0) is 24.7 Å². The van der Waals surface area contributed by atoms with E-state index in [1.54, 1.807) is 0 Å². The van der Waals surface area contributed by atoms with Gasteiger partial charge >= 0.3 is 0 Å². The Hall–Kier alpha value is -0.0100. The third kappa shape index (κ3) is 1.08. The molecular formula is C8H11ClO. The molecule has 0 aromatic rings. The van der Waals surface area contributed by atoms with Crippen molar-refractivity contribution in [1.82, 2.24) is 0 Å². The van der Waals surface area contributed by atoms with E-state index in [1.807, 2.05) is 0 Å². The average Bonchev–Trinajstić information content (AvgIpc) is 2.33. The zero-order valence-electron chi connectivity index (χ0n) is 5.85. The predicted molar refractivity (Wildman–Crippen MR) is 41.0 cm³/mol. The number of hydrogen-bond acceptors (Lipinski definition) is 1. The van der Waals surface area contributed by atoms with Gasteiger partial charge in [0.25, 0.3) is 0 Å². The van der Waals surface area contributed by atoms with Crippen LogP contribution in [0.5, 0.6) is 0 Å². The van der Waals surface area contributed by atoms with Gasteiger partial charge < -0.3 is 4.74 Å². The number of hydrogen-bond donors (Lipinski definition) is 0. The van der Waals surface area contributed by atoms with Gasteiger partial charge in [-0.2, -0.15) is 0 Å². The monoisotopic (exact) mass is 158 g/mol. The Bertz CT molecular complexity index is 165. The summed E-state index contributed by atoms with van der Waals surface area (Å²) in [5.41, 5.74) is 0. The summed E-state index contributed by atoms with van der Waals surface area (Å²) in [4.78, 5) is 0. The van der Waals surface area contributed by atoms with Crippen LogP contribution < -0.4 is 0 Å². The van der Waals surface area contributed by atoms with Crippen LogP contribution in [0.25, 0.3) is 0 Å². The molecule has 0 spiro atoms. The summed E-state index contributed by atoms with van der Waals surface area (Å²) < 4.78 is 5.35. The van der Waals surface area contributed by atoms with Gasteiger partial charge in [0.2, 0.25) is 0 Å². The Balaban J connectivity index is 2.08. The lowest BCUT2D eigenvalue weighted by Crippen LogP contribution is -2.15. The lowest BCUT2D eigenvalue weighted by Gasteiger charge is -2.19. The number of halogens is 1. The second-order valence-electron chi connectivity index (χ2n) is 3.15. The molecule has 10 heavy (non-hydrogen) atoms. The summed E-state index contributed by atoms with van der Waals surface area (Å²) in [5, 5.41) is 1.03. The summed E-state index contributed by atoms with van der Waals surface area (Å²) >= 11 is 5.89. The van der Waals surface area contributed by atoms with Gasteiger partial charge in [0, 0.05) is 5.03 Å². The Morgan fingerprint density at radius 2 is 2.20 bits per heavy atom. The lowest BCUT2D eigenvalue weighted by atomic mass is 9.86. The topological polar surface area (TPSA) is 9.23 Å². The average molecular weight is 159 g/mol. The molecule has 1 aliphatic carbocycles. The molecule has 1 heterocycles. The number of ether oxygens (including phenoxy) is 1. The number of rotatable bonds is 0. The first-order chi connectivity index (χ1) is 4.86. The molecule has 1 nitrogen and oxygen atoms in total. The smallest absolute Gasteiger partial charge is 0.0501 e. The summed E-state index contributed by atoms with van der Waals surface area (Å²) in [6, 6.07) is 0. The largest absolute Gasteiger partial charge is 0.381 e. The summed E-state index contributed by atoms with van der Waals surface area (Å²) in [6.45, 7) is 1.88. The molecule has 2 atom stereocenters. The third-order valence-corrected chi connectivity index (χ3v) is 2.74. The lowest BCUT2D eigenvalue weighted by molar-refractivity contribution is 0.181. The fourth-order valence-electron chi connectivity index (χ4n) is 1.74. The van der Waals surface area contributed by atoms with E-state index in [2.05, 4.69) is 6.08 Å². The zero-order valence-corrected chi connectivity index (χ0v) is 6.60.